The molecule has 0 aliphatic carbocycles. The first-order chi connectivity index (χ1) is 7.58. The fourth-order valence-corrected chi connectivity index (χ4v) is 1.62. The Labute approximate surface area is 89.7 Å². The highest BCUT2D eigenvalue weighted by Gasteiger charge is 2.35. The maximum Gasteiger partial charge on any atom is 0.346 e. The Hall–Kier alpha value is -2.18. The summed E-state index contributed by atoms with van der Waals surface area (Å²) in [4.78, 5) is 40.3. The molecule has 1 aromatic heterocycles. The molecule has 2 rings (SSSR count). The summed E-state index contributed by atoms with van der Waals surface area (Å²) < 4.78 is 0. The molecule has 7 heteroatoms. The molecule has 0 radical (unpaired) electrons. The molecule has 0 bridgehead atoms. The fraction of sp³-hybridized carbons (Fsp3) is 0.333. The molecule has 7 nitrogen and oxygen atoms in total. The topological polar surface area (TPSA) is 103 Å². The van der Waals surface area contributed by atoms with Crippen LogP contribution in [0, 0.1) is 5.92 Å². The van der Waals surface area contributed by atoms with Crippen LogP contribution in [0.15, 0.2) is 17.1 Å². The van der Waals surface area contributed by atoms with Crippen LogP contribution in [0.2, 0.25) is 0 Å². The van der Waals surface area contributed by atoms with Gasteiger partial charge in [-0.3, -0.25) is 19.5 Å². The van der Waals surface area contributed by atoms with E-state index in [0.717, 1.165) is 0 Å². The third-order valence-electron chi connectivity index (χ3n) is 2.42. The first-order valence-electron chi connectivity index (χ1n) is 4.66. The molecule has 1 amide bonds. The van der Waals surface area contributed by atoms with Crippen molar-refractivity contribution < 1.29 is 14.7 Å². The number of carbonyl (C=O) groups is 2. The molecule has 1 saturated heterocycles. The van der Waals surface area contributed by atoms with Crippen molar-refractivity contribution in [3.63, 3.8) is 0 Å². The van der Waals surface area contributed by atoms with Crippen LogP contribution in [0.25, 0.3) is 0 Å². The van der Waals surface area contributed by atoms with Crippen LogP contribution in [-0.2, 0) is 9.59 Å². The third kappa shape index (κ3) is 1.79. The van der Waals surface area contributed by atoms with Gasteiger partial charge in [-0.05, 0) is 6.07 Å². The van der Waals surface area contributed by atoms with Crippen molar-refractivity contribution in [2.75, 3.05) is 11.4 Å². The molecule has 0 spiro atoms. The van der Waals surface area contributed by atoms with Crippen molar-refractivity contribution >= 4 is 17.7 Å². The summed E-state index contributed by atoms with van der Waals surface area (Å²) >= 11 is 0. The number of carboxylic acid groups (broad SMARTS) is 1. The van der Waals surface area contributed by atoms with E-state index in [9.17, 15) is 14.4 Å². The molecule has 1 aliphatic rings. The zero-order valence-electron chi connectivity index (χ0n) is 8.21. The molecule has 16 heavy (non-hydrogen) atoms. The summed E-state index contributed by atoms with van der Waals surface area (Å²) in [6.07, 6.45) is 1.23. The second-order valence-corrected chi connectivity index (χ2v) is 3.50. The summed E-state index contributed by atoms with van der Waals surface area (Å²) in [5.41, 5.74) is -0.566. The standard InChI is InChI=1S/C9H9N3O4/c13-7-3-5(8(14)15)4-12(7)6-1-2-10-9(16)11-6/h1-2,5H,3-4H2,(H,14,15)(H,10,11,16). The first-order valence-corrected chi connectivity index (χ1v) is 4.66. The number of aromatic nitrogens is 2. The first kappa shape index (κ1) is 10.3. The molecule has 2 N–H and O–H groups in total. The molecule has 0 aromatic carbocycles. The van der Waals surface area contributed by atoms with Gasteiger partial charge in [-0.2, -0.15) is 0 Å². The smallest absolute Gasteiger partial charge is 0.346 e. The molecule has 1 aromatic rings. The van der Waals surface area contributed by atoms with Crippen molar-refractivity contribution in [1.29, 1.82) is 0 Å². The number of H-pyrrole nitrogens is 1. The maximum atomic E-state index is 11.5. The van der Waals surface area contributed by atoms with Gasteiger partial charge in [0, 0.05) is 19.2 Å². The van der Waals surface area contributed by atoms with Gasteiger partial charge in [0.25, 0.3) is 0 Å². The molecule has 1 aliphatic heterocycles. The largest absolute Gasteiger partial charge is 0.481 e. The van der Waals surface area contributed by atoms with E-state index in [1.165, 1.54) is 17.2 Å². The van der Waals surface area contributed by atoms with E-state index in [4.69, 9.17) is 5.11 Å². The summed E-state index contributed by atoms with van der Waals surface area (Å²) in [6.45, 7) is 0.0775. The van der Waals surface area contributed by atoms with E-state index in [1.54, 1.807) is 0 Å². The number of rotatable bonds is 2. The highest BCUT2D eigenvalue weighted by Crippen LogP contribution is 2.22. The highest BCUT2D eigenvalue weighted by atomic mass is 16.4. The number of carbonyl (C=O) groups excluding carboxylic acids is 1. The van der Waals surface area contributed by atoms with Crippen LogP contribution in [0.4, 0.5) is 5.82 Å². The number of nitrogens with zero attached hydrogens (tertiary/aromatic N) is 2. The van der Waals surface area contributed by atoms with E-state index in [-0.39, 0.29) is 24.7 Å². The monoisotopic (exact) mass is 223 g/mol. The van der Waals surface area contributed by atoms with Crippen LogP contribution in [0.1, 0.15) is 6.42 Å². The second-order valence-electron chi connectivity index (χ2n) is 3.50. The van der Waals surface area contributed by atoms with Crippen molar-refractivity contribution in [3.8, 4) is 0 Å². The number of hydrogen-bond donors (Lipinski definition) is 2. The Morgan fingerprint density at radius 2 is 2.31 bits per heavy atom. The third-order valence-corrected chi connectivity index (χ3v) is 2.42. The Bertz CT molecular complexity index is 496. The van der Waals surface area contributed by atoms with Gasteiger partial charge in [-0.25, -0.2) is 9.78 Å². The van der Waals surface area contributed by atoms with Crippen molar-refractivity contribution in [1.82, 2.24) is 9.97 Å². The van der Waals surface area contributed by atoms with Gasteiger partial charge in [0.15, 0.2) is 0 Å². The van der Waals surface area contributed by atoms with E-state index in [1.807, 2.05) is 0 Å². The van der Waals surface area contributed by atoms with Gasteiger partial charge >= 0.3 is 11.7 Å². The summed E-state index contributed by atoms with van der Waals surface area (Å²) in [5, 5.41) is 8.79. The summed E-state index contributed by atoms with van der Waals surface area (Å²) in [7, 11) is 0. The van der Waals surface area contributed by atoms with Crippen molar-refractivity contribution in [3.05, 3.63) is 22.7 Å². The average Bonchev–Trinajstić information content (AvgIpc) is 2.60. The number of hydrogen-bond acceptors (Lipinski definition) is 4. The van der Waals surface area contributed by atoms with Crippen LogP contribution in [0.5, 0.6) is 0 Å². The Morgan fingerprint density at radius 3 is 2.88 bits per heavy atom. The summed E-state index contributed by atoms with van der Waals surface area (Å²) in [6, 6.07) is 1.46. The predicted molar refractivity (Wildman–Crippen MR) is 53.0 cm³/mol. The minimum Gasteiger partial charge on any atom is -0.481 e. The highest BCUT2D eigenvalue weighted by molar-refractivity contribution is 5.98. The quantitative estimate of drug-likeness (QED) is 0.683. The minimum absolute atomic E-state index is 0.0420. The SMILES string of the molecule is O=C(O)C1CC(=O)N(c2ccnc(=O)[nH]2)C1. The van der Waals surface area contributed by atoms with E-state index >= 15 is 0 Å². The molecular formula is C9H9N3O4. The molecule has 1 unspecified atom stereocenters. The second kappa shape index (κ2) is 3.76. The minimum atomic E-state index is -1.01. The van der Waals surface area contributed by atoms with Gasteiger partial charge in [0.2, 0.25) is 5.91 Å². The lowest BCUT2D eigenvalue weighted by Gasteiger charge is -2.14. The Balaban J connectivity index is 2.26. The summed E-state index contributed by atoms with van der Waals surface area (Å²) in [5.74, 6) is -1.75. The number of amides is 1. The number of nitrogens with one attached hydrogen (secondary N) is 1. The molecule has 84 valence electrons. The normalized spacial score (nSPS) is 20.1. The lowest BCUT2D eigenvalue weighted by Crippen LogP contribution is -2.28. The lowest BCUT2D eigenvalue weighted by atomic mass is 10.1. The predicted octanol–water partition coefficient (Wildman–Crippen LogP) is -0.793. The van der Waals surface area contributed by atoms with E-state index in [0.29, 0.717) is 0 Å². The lowest BCUT2D eigenvalue weighted by molar-refractivity contribution is -0.141. The molecular weight excluding hydrogens is 214 g/mol. The average molecular weight is 223 g/mol. The zero-order chi connectivity index (χ0) is 11.7. The van der Waals surface area contributed by atoms with E-state index in [2.05, 4.69) is 9.97 Å². The van der Waals surface area contributed by atoms with Gasteiger partial charge in [-0.15, -0.1) is 0 Å². The molecule has 1 atom stereocenters. The van der Waals surface area contributed by atoms with Crippen molar-refractivity contribution in [2.45, 2.75) is 6.42 Å². The number of aliphatic carboxylic acids is 1. The zero-order valence-corrected chi connectivity index (χ0v) is 8.21. The van der Waals surface area contributed by atoms with Crippen molar-refractivity contribution in [2.24, 2.45) is 5.92 Å². The number of anilines is 1. The van der Waals surface area contributed by atoms with Gasteiger partial charge < -0.3 is 5.11 Å². The van der Waals surface area contributed by atoms with Crippen LogP contribution >= 0.6 is 0 Å². The number of aromatic amines is 1. The Morgan fingerprint density at radius 1 is 1.56 bits per heavy atom. The molecule has 2 heterocycles. The Kier molecular flexibility index (Phi) is 2.43. The van der Waals surface area contributed by atoms with E-state index < -0.39 is 17.6 Å². The van der Waals surface area contributed by atoms with Gasteiger partial charge in [0.05, 0.1) is 5.92 Å². The number of carboxylic acids is 1. The van der Waals surface area contributed by atoms with Crippen LogP contribution in [-0.4, -0.2) is 33.5 Å². The maximum absolute atomic E-state index is 11.5. The molecule has 0 saturated carbocycles. The molecule has 1 fully saturated rings. The fourth-order valence-electron chi connectivity index (χ4n) is 1.62. The van der Waals surface area contributed by atoms with Gasteiger partial charge in [-0.1, -0.05) is 0 Å². The van der Waals surface area contributed by atoms with Crippen LogP contribution < -0.4 is 10.6 Å². The van der Waals surface area contributed by atoms with Crippen LogP contribution in [0.3, 0.4) is 0 Å². The van der Waals surface area contributed by atoms with Gasteiger partial charge in [0.1, 0.15) is 5.82 Å².